The van der Waals surface area contributed by atoms with Gasteiger partial charge in [-0.3, -0.25) is 0 Å². The van der Waals surface area contributed by atoms with Crippen LogP contribution in [0.5, 0.6) is 5.88 Å². The van der Waals surface area contributed by atoms with Gasteiger partial charge < -0.3 is 14.6 Å². The Morgan fingerprint density at radius 3 is 2.79 bits per heavy atom. The van der Waals surface area contributed by atoms with E-state index in [1.807, 2.05) is 26.5 Å². The van der Waals surface area contributed by atoms with Gasteiger partial charge in [0.05, 0.1) is 24.7 Å². The smallest absolute Gasteiger partial charge is 0.216 e. The summed E-state index contributed by atoms with van der Waals surface area (Å²) in [6.45, 7) is 4.37. The molecule has 0 aliphatic carbocycles. The summed E-state index contributed by atoms with van der Waals surface area (Å²) in [4.78, 5) is 4.08. The summed E-state index contributed by atoms with van der Waals surface area (Å²) in [5.41, 5.74) is 4.63. The van der Waals surface area contributed by atoms with E-state index in [4.69, 9.17) is 4.74 Å². The van der Waals surface area contributed by atoms with Crippen LogP contribution in [0.4, 0.5) is 0 Å². The van der Waals surface area contributed by atoms with E-state index in [1.165, 1.54) is 11.1 Å². The highest BCUT2D eigenvalue weighted by Gasteiger charge is 2.13. The number of nitrogens with zero attached hydrogens (tertiary/aromatic N) is 4. The number of aryl methyl sites for hydroxylation is 2. The highest BCUT2D eigenvalue weighted by molar-refractivity contribution is 5.31. The minimum Gasteiger partial charge on any atom is -0.481 e. The van der Waals surface area contributed by atoms with Crippen molar-refractivity contribution in [1.29, 1.82) is 0 Å². The van der Waals surface area contributed by atoms with E-state index < -0.39 is 0 Å². The number of hydrogen-bond donors (Lipinski definition) is 1. The summed E-state index contributed by atoms with van der Waals surface area (Å²) in [7, 11) is 3.58. The van der Waals surface area contributed by atoms with Gasteiger partial charge in [0.2, 0.25) is 5.88 Å². The van der Waals surface area contributed by atoms with Crippen LogP contribution in [0.2, 0.25) is 0 Å². The van der Waals surface area contributed by atoms with Crippen molar-refractivity contribution in [3.63, 3.8) is 0 Å². The van der Waals surface area contributed by atoms with Gasteiger partial charge in [-0.25, -0.2) is 9.67 Å². The van der Waals surface area contributed by atoms with E-state index in [0.29, 0.717) is 0 Å². The highest BCUT2D eigenvalue weighted by atomic mass is 16.5. The Morgan fingerprint density at radius 2 is 2.04 bits per heavy atom. The van der Waals surface area contributed by atoms with E-state index in [1.54, 1.807) is 18.0 Å². The van der Waals surface area contributed by atoms with Gasteiger partial charge in [0, 0.05) is 39.1 Å². The standard InChI is InChI=1S/C18H23N5O/c1-14-17(18(24-3)22(2)21-14)11-20-10-15-5-4-6-16(9-15)12-23-8-7-19-13-23/h4-9,13,20H,10-12H2,1-3H3. The molecule has 0 aliphatic rings. The molecule has 24 heavy (non-hydrogen) atoms. The van der Waals surface area contributed by atoms with E-state index in [2.05, 4.69) is 44.2 Å². The molecule has 0 spiro atoms. The van der Waals surface area contributed by atoms with Crippen LogP contribution in [0, 0.1) is 6.92 Å². The Labute approximate surface area is 142 Å². The summed E-state index contributed by atoms with van der Waals surface area (Å²) < 4.78 is 9.27. The third-order valence-corrected chi connectivity index (χ3v) is 4.03. The lowest BCUT2D eigenvalue weighted by Gasteiger charge is -2.09. The number of nitrogens with one attached hydrogen (secondary N) is 1. The maximum absolute atomic E-state index is 5.43. The third-order valence-electron chi connectivity index (χ3n) is 4.03. The van der Waals surface area contributed by atoms with Crippen LogP contribution in [0.15, 0.2) is 43.0 Å². The van der Waals surface area contributed by atoms with E-state index in [-0.39, 0.29) is 0 Å². The van der Waals surface area contributed by atoms with Crippen LogP contribution in [0.3, 0.4) is 0 Å². The molecule has 1 N–H and O–H groups in total. The summed E-state index contributed by atoms with van der Waals surface area (Å²) in [5.74, 6) is 0.814. The molecule has 3 aromatic rings. The Morgan fingerprint density at radius 1 is 1.21 bits per heavy atom. The lowest BCUT2D eigenvalue weighted by atomic mass is 10.1. The van der Waals surface area contributed by atoms with Crippen molar-refractivity contribution in [2.45, 2.75) is 26.6 Å². The summed E-state index contributed by atoms with van der Waals surface area (Å²) >= 11 is 0. The molecule has 0 aliphatic heterocycles. The molecule has 0 amide bonds. The first kappa shape index (κ1) is 16.3. The normalized spacial score (nSPS) is 11.0. The van der Waals surface area contributed by atoms with Gasteiger partial charge >= 0.3 is 0 Å². The monoisotopic (exact) mass is 325 g/mol. The molecule has 126 valence electrons. The predicted molar refractivity (Wildman–Crippen MR) is 92.8 cm³/mol. The van der Waals surface area contributed by atoms with Crippen molar-refractivity contribution in [3.05, 3.63) is 65.4 Å². The van der Waals surface area contributed by atoms with Gasteiger partial charge in [-0.2, -0.15) is 5.10 Å². The molecule has 0 unspecified atom stereocenters. The Balaban J connectivity index is 1.61. The minimum absolute atomic E-state index is 0.731. The van der Waals surface area contributed by atoms with Gasteiger partial charge in [0.25, 0.3) is 0 Å². The van der Waals surface area contributed by atoms with Crippen molar-refractivity contribution >= 4 is 0 Å². The lowest BCUT2D eigenvalue weighted by molar-refractivity contribution is 0.368. The molecule has 0 bridgehead atoms. The highest BCUT2D eigenvalue weighted by Crippen LogP contribution is 2.20. The number of benzene rings is 1. The molecule has 6 heteroatoms. The second-order valence-corrected chi connectivity index (χ2v) is 5.86. The molecule has 0 radical (unpaired) electrons. The van der Waals surface area contributed by atoms with Crippen molar-refractivity contribution in [2.75, 3.05) is 7.11 Å². The maximum atomic E-state index is 5.43. The minimum atomic E-state index is 0.731. The van der Waals surface area contributed by atoms with Gasteiger partial charge in [-0.05, 0) is 18.1 Å². The molecular weight excluding hydrogens is 302 g/mol. The van der Waals surface area contributed by atoms with Crippen molar-refractivity contribution in [1.82, 2.24) is 24.6 Å². The quantitative estimate of drug-likeness (QED) is 0.724. The number of aromatic nitrogens is 4. The summed E-state index contributed by atoms with van der Waals surface area (Å²) in [5, 5.41) is 7.89. The molecule has 0 fully saturated rings. The first-order chi connectivity index (χ1) is 11.7. The van der Waals surface area contributed by atoms with Gasteiger partial charge in [0.15, 0.2) is 0 Å². The third kappa shape index (κ3) is 3.65. The number of hydrogen-bond acceptors (Lipinski definition) is 4. The maximum Gasteiger partial charge on any atom is 0.216 e. The molecule has 1 aromatic carbocycles. The zero-order valence-electron chi connectivity index (χ0n) is 14.4. The molecule has 3 rings (SSSR count). The zero-order chi connectivity index (χ0) is 16.9. The molecule has 6 nitrogen and oxygen atoms in total. The first-order valence-corrected chi connectivity index (χ1v) is 7.98. The molecule has 2 heterocycles. The van der Waals surface area contributed by atoms with Gasteiger partial charge in [-0.1, -0.05) is 24.3 Å². The Bertz CT molecular complexity index is 792. The predicted octanol–water partition coefficient (Wildman–Crippen LogP) is 2.27. The fraction of sp³-hybridized carbons (Fsp3) is 0.333. The summed E-state index contributed by atoms with van der Waals surface area (Å²) in [6.07, 6.45) is 5.61. The van der Waals surface area contributed by atoms with Crippen molar-refractivity contribution < 1.29 is 4.74 Å². The first-order valence-electron chi connectivity index (χ1n) is 7.98. The fourth-order valence-corrected chi connectivity index (χ4v) is 2.90. The van der Waals surface area contributed by atoms with E-state index >= 15 is 0 Å². The van der Waals surface area contributed by atoms with Crippen LogP contribution >= 0.6 is 0 Å². The average Bonchev–Trinajstić information content (AvgIpc) is 3.16. The van der Waals surface area contributed by atoms with Crippen LogP contribution in [0.25, 0.3) is 0 Å². The molecular formula is C18H23N5O. The van der Waals surface area contributed by atoms with Crippen molar-refractivity contribution in [3.8, 4) is 5.88 Å². The SMILES string of the molecule is COc1c(CNCc2cccc(Cn3ccnc3)c2)c(C)nn1C. The zero-order valence-corrected chi connectivity index (χ0v) is 14.4. The number of imidazole rings is 1. The second-order valence-electron chi connectivity index (χ2n) is 5.86. The fourth-order valence-electron chi connectivity index (χ4n) is 2.90. The number of ether oxygens (including phenoxy) is 1. The number of rotatable bonds is 7. The topological polar surface area (TPSA) is 56.9 Å². The average molecular weight is 325 g/mol. The van der Waals surface area contributed by atoms with E-state index in [9.17, 15) is 0 Å². The van der Waals surface area contributed by atoms with Crippen LogP contribution < -0.4 is 10.1 Å². The molecule has 0 atom stereocenters. The van der Waals surface area contributed by atoms with Crippen LogP contribution in [0.1, 0.15) is 22.4 Å². The molecule has 2 aromatic heterocycles. The van der Waals surface area contributed by atoms with Gasteiger partial charge in [0.1, 0.15) is 0 Å². The Kier molecular flexibility index (Phi) is 4.96. The van der Waals surface area contributed by atoms with Crippen LogP contribution in [-0.4, -0.2) is 26.4 Å². The second kappa shape index (κ2) is 7.31. The van der Waals surface area contributed by atoms with Crippen molar-refractivity contribution in [2.24, 2.45) is 7.05 Å². The van der Waals surface area contributed by atoms with E-state index in [0.717, 1.165) is 36.8 Å². The van der Waals surface area contributed by atoms with Gasteiger partial charge in [-0.15, -0.1) is 0 Å². The lowest BCUT2D eigenvalue weighted by Crippen LogP contribution is -2.14. The summed E-state index contributed by atoms with van der Waals surface area (Å²) in [6, 6.07) is 8.59. The number of methoxy groups -OCH3 is 1. The largest absolute Gasteiger partial charge is 0.481 e. The molecule has 0 saturated carbocycles. The van der Waals surface area contributed by atoms with Crippen LogP contribution in [-0.2, 0) is 26.7 Å². The molecule has 0 saturated heterocycles. The Hall–Kier alpha value is -2.60.